The second kappa shape index (κ2) is 8.63. The Balaban J connectivity index is 3.30. The van der Waals surface area contributed by atoms with Crippen LogP contribution in [0.2, 0.25) is 0 Å². The molecule has 0 saturated carbocycles. The minimum absolute atomic E-state index is 0.398. The number of hydrogen-bond acceptors (Lipinski definition) is 2. The lowest BCUT2D eigenvalue weighted by atomic mass is 10.0. The monoisotopic (exact) mass is 194 g/mol. The molecule has 0 aromatic heterocycles. The summed E-state index contributed by atoms with van der Waals surface area (Å²) in [6.07, 6.45) is 13.3. The van der Waals surface area contributed by atoms with E-state index in [0.717, 1.165) is 12.8 Å². The SMILES string of the molecule is C#CCC(O)CCCCC(O)CC#C. The van der Waals surface area contributed by atoms with Gasteiger partial charge in [-0.2, -0.15) is 0 Å². The van der Waals surface area contributed by atoms with E-state index in [4.69, 9.17) is 12.8 Å². The van der Waals surface area contributed by atoms with E-state index in [1.54, 1.807) is 0 Å². The zero-order valence-corrected chi connectivity index (χ0v) is 8.45. The molecular weight excluding hydrogens is 176 g/mol. The summed E-state index contributed by atoms with van der Waals surface area (Å²) < 4.78 is 0. The summed E-state index contributed by atoms with van der Waals surface area (Å²) in [7, 11) is 0. The average molecular weight is 194 g/mol. The van der Waals surface area contributed by atoms with Crippen molar-refractivity contribution in [1.82, 2.24) is 0 Å². The molecule has 78 valence electrons. The van der Waals surface area contributed by atoms with Crippen molar-refractivity contribution in [3.8, 4) is 24.7 Å². The highest BCUT2D eigenvalue weighted by Gasteiger charge is 2.04. The number of aliphatic hydroxyl groups excluding tert-OH is 2. The molecule has 0 aliphatic heterocycles. The van der Waals surface area contributed by atoms with E-state index in [0.29, 0.717) is 25.7 Å². The first-order valence-corrected chi connectivity index (χ1v) is 4.93. The van der Waals surface area contributed by atoms with E-state index in [2.05, 4.69) is 11.8 Å². The van der Waals surface area contributed by atoms with Crippen LogP contribution in [-0.2, 0) is 0 Å². The predicted octanol–water partition coefficient (Wildman–Crippen LogP) is 1.32. The molecule has 0 bridgehead atoms. The number of aliphatic hydroxyl groups is 2. The fourth-order valence-electron chi connectivity index (χ4n) is 1.24. The fraction of sp³-hybridized carbons (Fsp3) is 0.667. The van der Waals surface area contributed by atoms with Crippen molar-refractivity contribution in [2.24, 2.45) is 0 Å². The summed E-state index contributed by atoms with van der Waals surface area (Å²) >= 11 is 0. The molecule has 0 aliphatic carbocycles. The molecule has 0 radical (unpaired) electrons. The van der Waals surface area contributed by atoms with E-state index in [1.807, 2.05) is 0 Å². The number of terminal acetylenes is 2. The van der Waals surface area contributed by atoms with Gasteiger partial charge in [-0.3, -0.25) is 0 Å². The lowest BCUT2D eigenvalue weighted by Crippen LogP contribution is -2.07. The standard InChI is InChI=1S/C12H18O2/c1-3-7-11(13)9-5-6-10-12(14)8-4-2/h1-2,11-14H,5-10H2. The van der Waals surface area contributed by atoms with Gasteiger partial charge in [0.25, 0.3) is 0 Å². The third-order valence-electron chi connectivity index (χ3n) is 2.03. The first-order chi connectivity index (χ1) is 6.70. The Hall–Kier alpha value is -0.960. The molecule has 0 fully saturated rings. The van der Waals surface area contributed by atoms with Gasteiger partial charge in [0.05, 0.1) is 12.2 Å². The average Bonchev–Trinajstić information content (AvgIpc) is 2.13. The van der Waals surface area contributed by atoms with Crippen LogP contribution in [-0.4, -0.2) is 22.4 Å². The number of unbranched alkanes of at least 4 members (excludes halogenated alkanes) is 1. The molecule has 0 aliphatic rings. The van der Waals surface area contributed by atoms with Crippen molar-refractivity contribution in [2.75, 3.05) is 0 Å². The van der Waals surface area contributed by atoms with E-state index >= 15 is 0 Å². The van der Waals surface area contributed by atoms with E-state index < -0.39 is 12.2 Å². The van der Waals surface area contributed by atoms with Crippen LogP contribution in [0.3, 0.4) is 0 Å². The lowest BCUT2D eigenvalue weighted by molar-refractivity contribution is 0.150. The molecule has 0 aromatic rings. The lowest BCUT2D eigenvalue weighted by Gasteiger charge is -2.08. The minimum atomic E-state index is -0.398. The van der Waals surface area contributed by atoms with Gasteiger partial charge in [0.1, 0.15) is 0 Å². The van der Waals surface area contributed by atoms with Crippen molar-refractivity contribution < 1.29 is 10.2 Å². The molecule has 0 aromatic carbocycles. The van der Waals surface area contributed by atoms with Crippen molar-refractivity contribution in [2.45, 2.75) is 50.7 Å². The topological polar surface area (TPSA) is 40.5 Å². The second-order valence-corrected chi connectivity index (χ2v) is 3.41. The van der Waals surface area contributed by atoms with Crippen LogP contribution < -0.4 is 0 Å². The minimum Gasteiger partial charge on any atom is -0.392 e. The van der Waals surface area contributed by atoms with Gasteiger partial charge in [-0.1, -0.05) is 12.8 Å². The highest BCUT2D eigenvalue weighted by molar-refractivity contribution is 4.87. The van der Waals surface area contributed by atoms with E-state index in [-0.39, 0.29) is 0 Å². The Kier molecular flexibility index (Phi) is 8.04. The number of hydrogen-bond donors (Lipinski definition) is 2. The maximum atomic E-state index is 9.28. The van der Waals surface area contributed by atoms with E-state index in [9.17, 15) is 10.2 Å². The maximum Gasteiger partial charge on any atom is 0.0649 e. The first kappa shape index (κ1) is 13.0. The summed E-state index contributed by atoms with van der Waals surface area (Å²) in [4.78, 5) is 0. The van der Waals surface area contributed by atoms with Gasteiger partial charge in [0, 0.05) is 12.8 Å². The van der Waals surface area contributed by atoms with Crippen LogP contribution in [0.15, 0.2) is 0 Å². The maximum absolute atomic E-state index is 9.28. The molecule has 2 unspecified atom stereocenters. The Bertz CT molecular complexity index is 185. The van der Waals surface area contributed by atoms with Gasteiger partial charge in [0.15, 0.2) is 0 Å². The zero-order valence-electron chi connectivity index (χ0n) is 8.45. The third kappa shape index (κ3) is 7.68. The first-order valence-electron chi connectivity index (χ1n) is 4.93. The molecule has 0 heterocycles. The predicted molar refractivity (Wildman–Crippen MR) is 57.4 cm³/mol. The molecule has 0 amide bonds. The highest BCUT2D eigenvalue weighted by atomic mass is 16.3. The van der Waals surface area contributed by atoms with Crippen LogP contribution in [0.1, 0.15) is 38.5 Å². The molecule has 0 spiro atoms. The molecule has 2 N–H and O–H groups in total. The molecule has 0 rings (SSSR count). The van der Waals surface area contributed by atoms with Gasteiger partial charge < -0.3 is 10.2 Å². The van der Waals surface area contributed by atoms with Crippen LogP contribution in [0, 0.1) is 24.7 Å². The van der Waals surface area contributed by atoms with Crippen molar-refractivity contribution in [3.05, 3.63) is 0 Å². The summed E-state index contributed by atoms with van der Waals surface area (Å²) in [5, 5.41) is 18.6. The second-order valence-electron chi connectivity index (χ2n) is 3.41. The van der Waals surface area contributed by atoms with Gasteiger partial charge in [-0.15, -0.1) is 24.7 Å². The van der Waals surface area contributed by atoms with Gasteiger partial charge in [-0.25, -0.2) is 0 Å². The Morgan fingerprint density at radius 1 is 0.857 bits per heavy atom. The summed E-state index contributed by atoms with van der Waals surface area (Å²) in [6.45, 7) is 0. The van der Waals surface area contributed by atoms with Crippen LogP contribution in [0.5, 0.6) is 0 Å². The molecule has 2 heteroatoms. The fourth-order valence-corrected chi connectivity index (χ4v) is 1.24. The third-order valence-corrected chi connectivity index (χ3v) is 2.03. The summed E-state index contributed by atoms with van der Waals surface area (Å²) in [5.74, 6) is 4.82. The van der Waals surface area contributed by atoms with Gasteiger partial charge >= 0.3 is 0 Å². The van der Waals surface area contributed by atoms with Gasteiger partial charge in [-0.05, 0) is 12.8 Å². The Morgan fingerprint density at radius 2 is 1.21 bits per heavy atom. The Morgan fingerprint density at radius 3 is 1.50 bits per heavy atom. The van der Waals surface area contributed by atoms with Gasteiger partial charge in [0.2, 0.25) is 0 Å². The van der Waals surface area contributed by atoms with Crippen molar-refractivity contribution in [1.29, 1.82) is 0 Å². The molecule has 0 saturated heterocycles. The highest BCUT2D eigenvalue weighted by Crippen LogP contribution is 2.09. The van der Waals surface area contributed by atoms with Crippen LogP contribution in [0.4, 0.5) is 0 Å². The number of rotatable bonds is 7. The molecule has 14 heavy (non-hydrogen) atoms. The smallest absolute Gasteiger partial charge is 0.0649 e. The quantitative estimate of drug-likeness (QED) is 0.474. The van der Waals surface area contributed by atoms with Crippen LogP contribution in [0.25, 0.3) is 0 Å². The molecule has 2 nitrogen and oxygen atoms in total. The zero-order chi connectivity index (χ0) is 10.8. The van der Waals surface area contributed by atoms with Crippen molar-refractivity contribution >= 4 is 0 Å². The largest absolute Gasteiger partial charge is 0.392 e. The van der Waals surface area contributed by atoms with E-state index in [1.165, 1.54) is 0 Å². The summed E-state index contributed by atoms with van der Waals surface area (Å²) in [5.41, 5.74) is 0. The molecular formula is C12H18O2. The normalized spacial score (nSPS) is 14.0. The Labute approximate surface area is 86.3 Å². The van der Waals surface area contributed by atoms with Crippen LogP contribution >= 0.6 is 0 Å². The van der Waals surface area contributed by atoms with Crippen molar-refractivity contribution in [3.63, 3.8) is 0 Å². The summed E-state index contributed by atoms with van der Waals surface area (Å²) in [6, 6.07) is 0. The molecule has 2 atom stereocenters.